The average Bonchev–Trinajstić information content (AvgIpc) is 2.02. The summed E-state index contributed by atoms with van der Waals surface area (Å²) in [5.41, 5.74) is 5.51. The Hall–Kier alpha value is -0.610. The van der Waals surface area contributed by atoms with Crippen LogP contribution in [0.25, 0.3) is 0 Å². The smallest absolute Gasteiger partial charge is 0.246 e. The quantitative estimate of drug-likeness (QED) is 0.622. The van der Waals surface area contributed by atoms with Crippen LogP contribution in [0.5, 0.6) is 0 Å². The van der Waals surface area contributed by atoms with Crippen molar-refractivity contribution >= 4 is 5.91 Å². The zero-order valence-electron chi connectivity index (χ0n) is 8.72. The first-order chi connectivity index (χ1) is 6.02. The molecule has 0 fully saturated rings. The highest BCUT2D eigenvalue weighted by molar-refractivity contribution is 5.77. The van der Waals surface area contributed by atoms with E-state index in [4.69, 9.17) is 10.5 Å². The Kier molecular flexibility index (Phi) is 5.66. The summed E-state index contributed by atoms with van der Waals surface area (Å²) in [5.74, 6) is -0.0763. The third-order valence-corrected chi connectivity index (χ3v) is 1.86. The van der Waals surface area contributed by atoms with Crippen LogP contribution in [-0.2, 0) is 9.53 Å². The van der Waals surface area contributed by atoms with Gasteiger partial charge in [-0.15, -0.1) is 0 Å². The normalized spacial score (nSPS) is 11.4. The number of ether oxygens (including phenoxy) is 1. The van der Waals surface area contributed by atoms with Gasteiger partial charge < -0.3 is 15.8 Å². The molecule has 0 saturated carbocycles. The van der Waals surface area contributed by atoms with Crippen molar-refractivity contribution in [2.24, 2.45) is 11.1 Å². The topological polar surface area (TPSA) is 64.3 Å². The Balaban J connectivity index is 3.67. The van der Waals surface area contributed by atoms with Crippen LogP contribution in [0.15, 0.2) is 0 Å². The molecule has 78 valence electrons. The van der Waals surface area contributed by atoms with E-state index in [9.17, 15) is 4.79 Å². The van der Waals surface area contributed by atoms with Crippen molar-refractivity contribution in [2.75, 3.05) is 26.8 Å². The number of hydrogen-bond donors (Lipinski definition) is 2. The first-order valence-electron chi connectivity index (χ1n) is 4.47. The molecule has 0 bridgehead atoms. The lowest BCUT2D eigenvalue weighted by Crippen LogP contribution is -2.36. The fraction of sp³-hybridized carbons (Fsp3) is 0.889. The first-order valence-corrected chi connectivity index (χ1v) is 4.47. The van der Waals surface area contributed by atoms with Crippen molar-refractivity contribution in [2.45, 2.75) is 20.3 Å². The number of nitrogens with one attached hydrogen (secondary N) is 1. The van der Waals surface area contributed by atoms with Gasteiger partial charge in [-0.25, -0.2) is 0 Å². The Morgan fingerprint density at radius 1 is 1.54 bits per heavy atom. The Morgan fingerprint density at radius 2 is 2.15 bits per heavy atom. The monoisotopic (exact) mass is 188 g/mol. The van der Waals surface area contributed by atoms with E-state index >= 15 is 0 Å². The van der Waals surface area contributed by atoms with Crippen molar-refractivity contribution in [3.05, 3.63) is 0 Å². The van der Waals surface area contributed by atoms with Crippen molar-refractivity contribution in [1.82, 2.24) is 5.32 Å². The van der Waals surface area contributed by atoms with Crippen LogP contribution >= 0.6 is 0 Å². The van der Waals surface area contributed by atoms with Crippen molar-refractivity contribution in [3.63, 3.8) is 0 Å². The summed E-state index contributed by atoms with van der Waals surface area (Å²) >= 11 is 0. The van der Waals surface area contributed by atoms with Crippen LogP contribution in [0.2, 0.25) is 0 Å². The van der Waals surface area contributed by atoms with Gasteiger partial charge in [0.2, 0.25) is 5.91 Å². The molecule has 0 rings (SSSR count). The molecule has 0 unspecified atom stereocenters. The molecule has 0 aromatic rings. The number of methoxy groups -OCH3 is 1. The van der Waals surface area contributed by atoms with Gasteiger partial charge in [0, 0.05) is 13.7 Å². The summed E-state index contributed by atoms with van der Waals surface area (Å²) < 4.78 is 4.69. The molecule has 0 radical (unpaired) electrons. The van der Waals surface area contributed by atoms with Crippen LogP contribution in [-0.4, -0.2) is 32.7 Å². The largest absolute Gasteiger partial charge is 0.375 e. The van der Waals surface area contributed by atoms with Crippen LogP contribution in [0.1, 0.15) is 20.3 Å². The van der Waals surface area contributed by atoms with Crippen LogP contribution in [0.3, 0.4) is 0 Å². The highest BCUT2D eigenvalue weighted by atomic mass is 16.5. The Morgan fingerprint density at radius 3 is 2.62 bits per heavy atom. The molecule has 0 aromatic carbocycles. The fourth-order valence-electron chi connectivity index (χ4n) is 0.999. The SMILES string of the molecule is COCC(=O)NCC(C)(C)CCN. The standard InChI is InChI=1S/C9H20N2O2/c1-9(2,4-5-10)7-11-8(12)6-13-3/h4-7,10H2,1-3H3,(H,11,12). The summed E-state index contributed by atoms with van der Waals surface area (Å²) in [4.78, 5) is 11.0. The fourth-order valence-corrected chi connectivity index (χ4v) is 0.999. The molecular formula is C9H20N2O2. The van der Waals surface area contributed by atoms with Crippen LogP contribution in [0, 0.1) is 5.41 Å². The minimum absolute atomic E-state index is 0.0676. The number of nitrogens with two attached hydrogens (primary N) is 1. The first kappa shape index (κ1) is 12.4. The van der Waals surface area contributed by atoms with Gasteiger partial charge in [0.25, 0.3) is 0 Å². The summed E-state index contributed by atoms with van der Waals surface area (Å²) in [7, 11) is 1.50. The lowest BCUT2D eigenvalue weighted by Gasteiger charge is -2.23. The van der Waals surface area contributed by atoms with E-state index in [1.807, 2.05) is 0 Å². The van der Waals surface area contributed by atoms with Crippen LogP contribution < -0.4 is 11.1 Å². The molecule has 13 heavy (non-hydrogen) atoms. The maximum Gasteiger partial charge on any atom is 0.246 e. The van der Waals surface area contributed by atoms with E-state index in [-0.39, 0.29) is 17.9 Å². The maximum absolute atomic E-state index is 11.0. The lowest BCUT2D eigenvalue weighted by atomic mass is 9.89. The van der Waals surface area contributed by atoms with Gasteiger partial charge in [-0.2, -0.15) is 0 Å². The second kappa shape index (κ2) is 5.94. The molecule has 0 saturated heterocycles. The van der Waals surface area contributed by atoms with E-state index in [2.05, 4.69) is 19.2 Å². The van der Waals surface area contributed by atoms with Crippen molar-refractivity contribution < 1.29 is 9.53 Å². The molecule has 1 amide bonds. The predicted octanol–water partition coefficient (Wildman–Crippen LogP) is 0.124. The molecule has 0 aliphatic carbocycles. The summed E-state index contributed by atoms with van der Waals surface area (Å²) in [6, 6.07) is 0. The molecule has 0 spiro atoms. The van der Waals surface area contributed by atoms with Crippen molar-refractivity contribution in [3.8, 4) is 0 Å². The Bertz CT molecular complexity index is 158. The number of amides is 1. The minimum atomic E-state index is -0.0763. The molecule has 4 nitrogen and oxygen atoms in total. The van der Waals surface area contributed by atoms with Gasteiger partial charge in [0.05, 0.1) is 0 Å². The van der Waals surface area contributed by atoms with Crippen molar-refractivity contribution in [1.29, 1.82) is 0 Å². The molecule has 0 heterocycles. The second-order valence-corrected chi connectivity index (χ2v) is 3.91. The third kappa shape index (κ3) is 6.54. The van der Waals surface area contributed by atoms with Gasteiger partial charge >= 0.3 is 0 Å². The van der Waals surface area contributed by atoms with Gasteiger partial charge in [-0.05, 0) is 18.4 Å². The minimum Gasteiger partial charge on any atom is -0.375 e. The molecular weight excluding hydrogens is 168 g/mol. The van der Waals surface area contributed by atoms with E-state index in [1.165, 1.54) is 7.11 Å². The van der Waals surface area contributed by atoms with Gasteiger partial charge in [0.1, 0.15) is 6.61 Å². The van der Waals surface area contributed by atoms with E-state index in [0.717, 1.165) is 6.42 Å². The molecule has 0 aliphatic heterocycles. The predicted molar refractivity (Wildman–Crippen MR) is 52.3 cm³/mol. The molecule has 4 heteroatoms. The van der Waals surface area contributed by atoms with Gasteiger partial charge in [-0.1, -0.05) is 13.8 Å². The number of carbonyl (C=O) groups excluding carboxylic acids is 1. The van der Waals surface area contributed by atoms with Gasteiger partial charge in [0.15, 0.2) is 0 Å². The summed E-state index contributed by atoms with van der Waals surface area (Å²) in [5, 5.41) is 2.79. The highest BCUT2D eigenvalue weighted by Crippen LogP contribution is 2.17. The zero-order chi connectivity index (χ0) is 10.3. The van der Waals surface area contributed by atoms with E-state index < -0.39 is 0 Å². The van der Waals surface area contributed by atoms with E-state index in [0.29, 0.717) is 13.1 Å². The lowest BCUT2D eigenvalue weighted by molar-refractivity contribution is -0.125. The summed E-state index contributed by atoms with van der Waals surface area (Å²) in [6.45, 7) is 5.57. The molecule has 0 aromatic heterocycles. The second-order valence-electron chi connectivity index (χ2n) is 3.91. The van der Waals surface area contributed by atoms with E-state index in [1.54, 1.807) is 0 Å². The van der Waals surface area contributed by atoms with Gasteiger partial charge in [-0.3, -0.25) is 4.79 Å². The van der Waals surface area contributed by atoms with Crippen LogP contribution in [0.4, 0.5) is 0 Å². The number of hydrogen-bond acceptors (Lipinski definition) is 3. The third-order valence-electron chi connectivity index (χ3n) is 1.86. The average molecular weight is 188 g/mol. The number of carbonyl (C=O) groups is 1. The Labute approximate surface area is 79.8 Å². The molecule has 0 atom stereocenters. The molecule has 3 N–H and O–H groups in total. The number of rotatable bonds is 6. The zero-order valence-corrected chi connectivity index (χ0v) is 8.72. The highest BCUT2D eigenvalue weighted by Gasteiger charge is 2.17. The maximum atomic E-state index is 11.0. The summed E-state index contributed by atoms with van der Waals surface area (Å²) in [6.07, 6.45) is 0.903. The molecule has 0 aliphatic rings.